The zero-order valence-corrected chi connectivity index (χ0v) is 35.8. The Kier molecular flexibility index (Phi) is 12.1. The number of rotatable bonds is 9. The van der Waals surface area contributed by atoms with E-state index in [2.05, 4.69) is 58.6 Å². The normalized spacial score (nSPS) is 41.2. The highest BCUT2D eigenvalue weighted by atomic mass is 16.6. The van der Waals surface area contributed by atoms with E-state index in [1.54, 1.807) is 4.90 Å². The number of hydrogen-bond donors (Lipinski definition) is 0. The lowest BCUT2D eigenvalue weighted by atomic mass is 9.70. The molecule has 0 N–H and O–H groups in total. The zero-order valence-electron chi connectivity index (χ0n) is 35.8. The Morgan fingerprint density at radius 1 is 0.649 bits per heavy atom. The minimum atomic E-state index is -0.201. The monoisotopic (exact) mass is 798 g/mol. The van der Waals surface area contributed by atoms with Crippen molar-refractivity contribution < 1.29 is 42.7 Å². The van der Waals surface area contributed by atoms with Crippen LogP contribution in [0.25, 0.3) is 0 Å². The summed E-state index contributed by atoms with van der Waals surface area (Å²) >= 11 is 0. The Morgan fingerprint density at radius 3 is 1.51 bits per heavy atom. The van der Waals surface area contributed by atoms with Crippen molar-refractivity contribution in [3.05, 3.63) is 23.3 Å². The maximum atomic E-state index is 12.9. The van der Waals surface area contributed by atoms with E-state index in [0.29, 0.717) is 38.1 Å². The molecule has 9 aliphatic rings. The van der Waals surface area contributed by atoms with Gasteiger partial charge >= 0.3 is 12.2 Å². The summed E-state index contributed by atoms with van der Waals surface area (Å²) in [7, 11) is 0. The molecular formula is C45H71N3O9. The first kappa shape index (κ1) is 41.5. The largest absolute Gasteiger partial charge is 0.446 e. The van der Waals surface area contributed by atoms with Crippen molar-refractivity contribution in [2.24, 2.45) is 11.8 Å². The average Bonchev–Trinajstić information content (AvgIpc) is 4.17. The van der Waals surface area contributed by atoms with Gasteiger partial charge in [-0.25, -0.2) is 9.59 Å². The van der Waals surface area contributed by atoms with E-state index >= 15 is 0 Å². The van der Waals surface area contributed by atoms with Gasteiger partial charge in [0.2, 0.25) is 0 Å². The quantitative estimate of drug-likeness (QED) is 0.178. The van der Waals surface area contributed by atoms with E-state index in [4.69, 9.17) is 33.2 Å². The number of ether oxygens (including phenoxy) is 7. The molecule has 6 aliphatic heterocycles. The molecule has 12 nitrogen and oxygen atoms in total. The summed E-state index contributed by atoms with van der Waals surface area (Å²) in [4.78, 5) is 31.6. The lowest BCUT2D eigenvalue weighted by molar-refractivity contribution is -0.0233. The molecule has 0 bridgehead atoms. The van der Waals surface area contributed by atoms with Crippen LogP contribution >= 0.6 is 0 Å². The first-order valence-corrected chi connectivity index (χ1v) is 22.5. The number of epoxide rings is 4. The second kappa shape index (κ2) is 16.7. The van der Waals surface area contributed by atoms with E-state index in [-0.39, 0.29) is 59.0 Å². The lowest BCUT2D eigenvalue weighted by Crippen LogP contribution is -2.52. The number of allylic oxidation sites excluding steroid dienone is 2. The van der Waals surface area contributed by atoms with Crippen LogP contribution in [0.15, 0.2) is 23.3 Å². The summed E-state index contributed by atoms with van der Waals surface area (Å²) < 4.78 is 41.4. The molecule has 3 aliphatic carbocycles. The SMILES string of the molecule is CC(C)=CC[C@H]1O[C@]1(C)[C@H]1C[C@H](OC(=O)N2CCN(C3CCCC3)CC2)CC[C@]12CO2.CC(C)=CC[C@H]1O[C@]1(C)[C@H]1C[C@H](OC(=O)N2CCOCC2)CC[C@]12CO2. The molecule has 0 radical (unpaired) electrons. The lowest BCUT2D eigenvalue weighted by Gasteiger charge is -2.40. The summed E-state index contributed by atoms with van der Waals surface area (Å²) in [6, 6.07) is 0.741. The van der Waals surface area contributed by atoms with Crippen LogP contribution in [0.2, 0.25) is 0 Å². The van der Waals surface area contributed by atoms with Crippen molar-refractivity contribution in [2.45, 2.75) is 171 Å². The molecule has 0 unspecified atom stereocenters. The maximum Gasteiger partial charge on any atom is 0.410 e. The molecule has 10 atom stereocenters. The van der Waals surface area contributed by atoms with Gasteiger partial charge in [-0.15, -0.1) is 0 Å². The topological polar surface area (TPSA) is 122 Å². The molecule has 57 heavy (non-hydrogen) atoms. The van der Waals surface area contributed by atoms with E-state index in [1.807, 2.05) is 4.90 Å². The minimum Gasteiger partial charge on any atom is -0.446 e. The van der Waals surface area contributed by atoms with E-state index in [1.165, 1.54) is 36.8 Å². The van der Waals surface area contributed by atoms with Crippen molar-refractivity contribution in [1.29, 1.82) is 0 Å². The predicted octanol–water partition coefficient (Wildman–Crippen LogP) is 7.04. The van der Waals surface area contributed by atoms with Crippen molar-refractivity contribution in [2.75, 3.05) is 65.7 Å². The molecule has 12 heteroatoms. The standard InChI is InChI=1S/C25H40N2O4.C20H31NO5/c1-18(2)8-9-22-24(3,31-22)21-16-20(10-11-25(21)17-29-25)30-23(28)27-14-12-26(13-15-27)19-6-4-5-7-19;1-14(2)4-5-17-19(3,26-17)16-12-15(6-7-20(16)13-24-20)25-18(22)21-8-10-23-11-9-21/h8,19-22H,4-7,9-17H2,1-3H3;4,15-17H,5-13H2,1-3H3/t20-,21-,22-,24-,25+;15-,16-,17-,19-,20+/m11/s1. The van der Waals surface area contributed by atoms with E-state index in [0.717, 1.165) is 96.8 Å². The van der Waals surface area contributed by atoms with Crippen molar-refractivity contribution >= 4 is 12.2 Å². The van der Waals surface area contributed by atoms with Crippen LogP contribution in [-0.2, 0) is 33.2 Å². The summed E-state index contributed by atoms with van der Waals surface area (Å²) in [6.07, 6.45) is 17.3. The fourth-order valence-corrected chi connectivity index (χ4v) is 11.1. The zero-order chi connectivity index (χ0) is 40.0. The van der Waals surface area contributed by atoms with Gasteiger partial charge < -0.3 is 43.0 Å². The predicted molar refractivity (Wildman–Crippen MR) is 215 cm³/mol. The fraction of sp³-hybridized carbons (Fsp3) is 0.867. The second-order valence-corrected chi connectivity index (χ2v) is 19.5. The number of hydrogen-bond acceptors (Lipinski definition) is 10. The van der Waals surface area contributed by atoms with Gasteiger partial charge in [0, 0.05) is 57.1 Å². The van der Waals surface area contributed by atoms with Crippen LogP contribution in [0.1, 0.15) is 119 Å². The first-order chi connectivity index (χ1) is 27.3. The van der Waals surface area contributed by atoms with Gasteiger partial charge in [0.05, 0.1) is 61.0 Å². The third-order valence-electron chi connectivity index (χ3n) is 15.1. The number of carbonyl (C=O) groups excluding carboxylic acids is 2. The molecule has 6 saturated heterocycles. The molecule has 9 fully saturated rings. The van der Waals surface area contributed by atoms with Crippen LogP contribution in [0, 0.1) is 11.8 Å². The van der Waals surface area contributed by atoms with Crippen molar-refractivity contribution in [3.63, 3.8) is 0 Å². The van der Waals surface area contributed by atoms with Gasteiger partial charge in [-0.05, 0) is 106 Å². The molecule has 0 aromatic rings. The highest BCUT2D eigenvalue weighted by Gasteiger charge is 2.70. The molecule has 320 valence electrons. The fourth-order valence-electron chi connectivity index (χ4n) is 11.1. The second-order valence-electron chi connectivity index (χ2n) is 19.5. The maximum absolute atomic E-state index is 12.9. The highest BCUT2D eigenvalue weighted by Crippen LogP contribution is 2.60. The smallest absolute Gasteiger partial charge is 0.410 e. The Morgan fingerprint density at radius 2 is 1.09 bits per heavy atom. The third-order valence-corrected chi connectivity index (χ3v) is 15.1. The van der Waals surface area contributed by atoms with Gasteiger partial charge in [-0.3, -0.25) is 4.90 Å². The van der Waals surface area contributed by atoms with Crippen LogP contribution in [0.4, 0.5) is 9.59 Å². The highest BCUT2D eigenvalue weighted by molar-refractivity contribution is 5.68. The number of amides is 2. The van der Waals surface area contributed by atoms with Crippen LogP contribution in [0.5, 0.6) is 0 Å². The van der Waals surface area contributed by atoms with E-state index < -0.39 is 0 Å². The van der Waals surface area contributed by atoms with Gasteiger partial charge in [0.25, 0.3) is 0 Å². The van der Waals surface area contributed by atoms with Gasteiger partial charge in [0.15, 0.2) is 0 Å². The minimum absolute atomic E-state index is 0.0229. The van der Waals surface area contributed by atoms with Crippen LogP contribution in [0.3, 0.4) is 0 Å². The Labute approximate surface area is 341 Å². The number of piperazine rings is 1. The molecule has 3 saturated carbocycles. The molecule has 2 spiro atoms. The van der Waals surface area contributed by atoms with Crippen LogP contribution < -0.4 is 0 Å². The first-order valence-electron chi connectivity index (χ1n) is 22.5. The van der Waals surface area contributed by atoms with Gasteiger partial charge in [-0.1, -0.05) is 36.1 Å². The summed E-state index contributed by atoms with van der Waals surface area (Å²) in [5.41, 5.74) is 2.26. The molecule has 2 amide bonds. The van der Waals surface area contributed by atoms with Crippen LogP contribution in [-0.4, -0.2) is 145 Å². The van der Waals surface area contributed by atoms with Gasteiger partial charge in [-0.2, -0.15) is 0 Å². The molecule has 0 aromatic heterocycles. The summed E-state index contributed by atoms with van der Waals surface area (Å²) in [6.45, 7) is 20.6. The average molecular weight is 798 g/mol. The molecule has 6 heterocycles. The van der Waals surface area contributed by atoms with Gasteiger partial charge in [0.1, 0.15) is 12.2 Å². The van der Waals surface area contributed by atoms with E-state index in [9.17, 15) is 9.59 Å². The molecule has 9 rings (SSSR count). The number of nitrogens with zero attached hydrogens (tertiary/aromatic N) is 3. The summed E-state index contributed by atoms with van der Waals surface area (Å²) in [5.74, 6) is 0.600. The number of carbonyl (C=O) groups is 2. The Bertz CT molecular complexity index is 1500. The summed E-state index contributed by atoms with van der Waals surface area (Å²) in [5, 5.41) is 0. The molecule has 0 aromatic carbocycles. The third kappa shape index (κ3) is 9.26. The van der Waals surface area contributed by atoms with Crippen molar-refractivity contribution in [3.8, 4) is 0 Å². The number of morpholine rings is 1. The Balaban J connectivity index is 0.000000162. The Hall–Kier alpha value is -2.22. The molecular weight excluding hydrogens is 727 g/mol. The van der Waals surface area contributed by atoms with Crippen molar-refractivity contribution in [1.82, 2.24) is 14.7 Å².